The first-order chi connectivity index (χ1) is 20.0. The summed E-state index contributed by atoms with van der Waals surface area (Å²) in [6.07, 6.45) is 2.15. The molecule has 0 amide bonds. The molecule has 6 rings (SSSR count). The van der Waals surface area contributed by atoms with E-state index in [1.54, 1.807) is 6.07 Å². The lowest BCUT2D eigenvalue weighted by Gasteiger charge is -2.37. The molecule has 0 aromatic heterocycles. The summed E-state index contributed by atoms with van der Waals surface area (Å²) in [7, 11) is 0. The van der Waals surface area contributed by atoms with Gasteiger partial charge in [0, 0.05) is 69.2 Å². The third-order valence-corrected chi connectivity index (χ3v) is 8.09. The molecule has 3 aromatic rings. The number of halogens is 1. The number of nitrogens with zero attached hydrogens (tertiary/aromatic N) is 4. The molecular formula is C33H40FN5O2. The van der Waals surface area contributed by atoms with E-state index in [4.69, 9.17) is 9.57 Å². The summed E-state index contributed by atoms with van der Waals surface area (Å²) < 4.78 is 20.1. The highest BCUT2D eigenvalue weighted by molar-refractivity contribution is 5.90. The zero-order chi connectivity index (χ0) is 28.2. The fourth-order valence-corrected chi connectivity index (χ4v) is 5.99. The van der Waals surface area contributed by atoms with Crippen molar-refractivity contribution in [1.82, 2.24) is 4.90 Å². The van der Waals surface area contributed by atoms with Gasteiger partial charge in [-0.3, -0.25) is 4.90 Å². The summed E-state index contributed by atoms with van der Waals surface area (Å²) in [6, 6.07) is 21.7. The van der Waals surface area contributed by atoms with Crippen molar-refractivity contribution < 1.29 is 14.0 Å². The summed E-state index contributed by atoms with van der Waals surface area (Å²) in [5.74, 6) is 0.782. The maximum absolute atomic E-state index is 14.0. The molecule has 1 atom stereocenters. The third kappa shape index (κ3) is 6.59. The van der Waals surface area contributed by atoms with Crippen LogP contribution in [0.25, 0.3) is 0 Å². The van der Waals surface area contributed by atoms with Gasteiger partial charge in [0.25, 0.3) is 0 Å². The van der Waals surface area contributed by atoms with Crippen molar-refractivity contribution in [1.29, 1.82) is 0 Å². The molecule has 0 saturated carbocycles. The summed E-state index contributed by atoms with van der Waals surface area (Å²) >= 11 is 0. The van der Waals surface area contributed by atoms with E-state index in [0.29, 0.717) is 12.1 Å². The highest BCUT2D eigenvalue weighted by Gasteiger charge is 2.29. The summed E-state index contributed by atoms with van der Waals surface area (Å²) in [6.45, 7) is 11.2. The molecule has 0 bridgehead atoms. The van der Waals surface area contributed by atoms with Gasteiger partial charge in [-0.1, -0.05) is 41.6 Å². The largest absolute Gasteiger partial charge is 0.489 e. The number of piperazine rings is 1. The van der Waals surface area contributed by atoms with Crippen molar-refractivity contribution in [2.75, 3.05) is 60.9 Å². The van der Waals surface area contributed by atoms with Crippen LogP contribution in [0.15, 0.2) is 71.9 Å². The first-order valence-corrected chi connectivity index (χ1v) is 14.8. The number of oxime groups is 1. The minimum Gasteiger partial charge on any atom is -0.489 e. The van der Waals surface area contributed by atoms with E-state index < -0.39 is 0 Å². The molecule has 1 saturated heterocycles. The van der Waals surface area contributed by atoms with E-state index in [2.05, 4.69) is 75.4 Å². The predicted molar refractivity (Wildman–Crippen MR) is 164 cm³/mol. The Hall–Kier alpha value is -3.78. The minimum absolute atomic E-state index is 0.101. The summed E-state index contributed by atoms with van der Waals surface area (Å²) in [5.41, 5.74) is 6.52. The van der Waals surface area contributed by atoms with Gasteiger partial charge in [0.15, 0.2) is 0 Å². The molecule has 1 N–H and O–H groups in total. The highest BCUT2D eigenvalue weighted by Crippen LogP contribution is 2.32. The fraction of sp³-hybridized carbons (Fsp3) is 0.424. The molecule has 3 aliphatic heterocycles. The normalized spacial score (nSPS) is 18.8. The number of hydrogen-bond donors (Lipinski definition) is 1. The van der Waals surface area contributed by atoms with Crippen LogP contribution in [-0.4, -0.2) is 68.6 Å². The van der Waals surface area contributed by atoms with Crippen molar-refractivity contribution in [3.05, 3.63) is 83.7 Å². The van der Waals surface area contributed by atoms with Crippen LogP contribution < -0.4 is 19.9 Å². The minimum atomic E-state index is -0.181. The second-order valence-electron chi connectivity index (χ2n) is 11.5. The lowest BCUT2D eigenvalue weighted by molar-refractivity contribution is 0.0510. The molecule has 1 fully saturated rings. The smallest absolute Gasteiger partial charge is 0.145 e. The number of nitrogens with one attached hydrogen (secondary N) is 1. The van der Waals surface area contributed by atoms with Crippen LogP contribution >= 0.6 is 0 Å². The molecule has 3 heterocycles. The Morgan fingerprint density at radius 3 is 2.61 bits per heavy atom. The summed E-state index contributed by atoms with van der Waals surface area (Å²) in [5, 5.41) is 7.88. The molecule has 3 aromatic carbocycles. The highest BCUT2D eigenvalue weighted by atomic mass is 19.1. The van der Waals surface area contributed by atoms with Gasteiger partial charge in [-0.05, 0) is 56.2 Å². The van der Waals surface area contributed by atoms with Gasteiger partial charge in [0.1, 0.15) is 17.7 Å². The zero-order valence-electron chi connectivity index (χ0n) is 24.1. The maximum Gasteiger partial charge on any atom is 0.145 e. The topological polar surface area (TPSA) is 52.6 Å². The average molecular weight is 558 g/mol. The van der Waals surface area contributed by atoms with E-state index >= 15 is 0 Å². The zero-order valence-corrected chi connectivity index (χ0v) is 24.1. The lowest BCUT2D eigenvalue weighted by atomic mass is 10.1. The second kappa shape index (κ2) is 12.4. The van der Waals surface area contributed by atoms with Crippen LogP contribution in [-0.2, 0) is 17.8 Å². The van der Waals surface area contributed by atoms with Crippen LogP contribution in [0.5, 0.6) is 5.75 Å². The van der Waals surface area contributed by atoms with Crippen molar-refractivity contribution >= 4 is 22.8 Å². The van der Waals surface area contributed by atoms with E-state index in [1.165, 1.54) is 23.0 Å². The van der Waals surface area contributed by atoms with E-state index in [1.807, 2.05) is 18.2 Å². The monoisotopic (exact) mass is 557 g/mol. The Morgan fingerprint density at radius 1 is 0.976 bits per heavy atom. The molecule has 3 aliphatic rings. The number of ether oxygens (including phenoxy) is 1. The average Bonchev–Trinajstić information content (AvgIpc) is 3.59. The van der Waals surface area contributed by atoms with Gasteiger partial charge in [-0.25, -0.2) is 4.39 Å². The number of hydrogen-bond acceptors (Lipinski definition) is 7. The van der Waals surface area contributed by atoms with Crippen molar-refractivity contribution in [2.24, 2.45) is 5.16 Å². The first kappa shape index (κ1) is 27.4. The Bertz CT molecular complexity index is 1370. The molecule has 7 nitrogen and oxygen atoms in total. The van der Waals surface area contributed by atoms with Crippen molar-refractivity contribution in [3.63, 3.8) is 0 Å². The van der Waals surface area contributed by atoms with Crippen LogP contribution in [0.2, 0.25) is 0 Å². The molecule has 216 valence electrons. The molecule has 1 unspecified atom stereocenters. The van der Waals surface area contributed by atoms with Gasteiger partial charge in [-0.2, -0.15) is 0 Å². The van der Waals surface area contributed by atoms with Gasteiger partial charge >= 0.3 is 0 Å². The Labute approximate surface area is 242 Å². The van der Waals surface area contributed by atoms with Gasteiger partial charge < -0.3 is 24.7 Å². The van der Waals surface area contributed by atoms with Gasteiger partial charge in [-0.15, -0.1) is 0 Å². The molecule has 8 heteroatoms. The van der Waals surface area contributed by atoms with E-state index in [0.717, 1.165) is 75.8 Å². The maximum atomic E-state index is 14.0. The van der Waals surface area contributed by atoms with Crippen LogP contribution in [0.4, 0.5) is 21.5 Å². The molecule has 0 radical (unpaired) electrons. The number of benzene rings is 3. The van der Waals surface area contributed by atoms with Crippen LogP contribution in [0.3, 0.4) is 0 Å². The quantitative estimate of drug-likeness (QED) is 0.353. The van der Waals surface area contributed by atoms with E-state index in [9.17, 15) is 4.39 Å². The molecule has 0 spiro atoms. The number of rotatable bonds is 10. The molecular weight excluding hydrogens is 517 g/mol. The third-order valence-electron chi connectivity index (χ3n) is 8.09. The van der Waals surface area contributed by atoms with Crippen LogP contribution in [0, 0.1) is 5.82 Å². The molecule has 0 aliphatic carbocycles. The van der Waals surface area contributed by atoms with Gasteiger partial charge in [0.05, 0.1) is 24.0 Å². The Kier molecular flexibility index (Phi) is 8.28. The summed E-state index contributed by atoms with van der Waals surface area (Å²) in [4.78, 5) is 13.2. The van der Waals surface area contributed by atoms with E-state index in [-0.39, 0.29) is 18.0 Å². The fourth-order valence-electron chi connectivity index (χ4n) is 5.99. The predicted octanol–water partition coefficient (Wildman–Crippen LogP) is 5.55. The number of para-hydroxylation sites is 2. The van der Waals surface area contributed by atoms with Gasteiger partial charge in [0.2, 0.25) is 0 Å². The van der Waals surface area contributed by atoms with Crippen molar-refractivity contribution in [2.45, 2.75) is 45.4 Å². The Balaban J connectivity index is 0.982. The number of fused-ring (bicyclic) bond motifs is 1. The lowest BCUT2D eigenvalue weighted by Crippen LogP contribution is -2.48. The standard InChI is InChI=1S/C33H40FN5O2/c1-24(2)40-33-10-6-5-9-31(33)38-17-15-37(16-18-38)23-29-19-28(36-41-29)22-39-14-13-25-11-12-27(20-32(25)39)35-21-26-7-3-4-8-30(26)34/h3-12,20,24,29,35H,13-19,21-23H2,1-2H3. The number of anilines is 3. The van der Waals surface area contributed by atoms with Crippen molar-refractivity contribution in [3.8, 4) is 5.75 Å². The van der Waals surface area contributed by atoms with Crippen LogP contribution in [0.1, 0.15) is 31.4 Å². The first-order valence-electron chi connectivity index (χ1n) is 14.8. The SMILES string of the molecule is CC(C)Oc1ccccc1N1CCN(CC2CC(CN3CCc4ccc(NCc5ccccc5F)cc43)=NO2)CC1. The second-order valence-corrected chi connectivity index (χ2v) is 11.5. The molecule has 41 heavy (non-hydrogen) atoms. The Morgan fingerprint density at radius 2 is 1.78 bits per heavy atom.